The van der Waals surface area contributed by atoms with Gasteiger partial charge in [-0.2, -0.15) is 10.1 Å². The van der Waals surface area contributed by atoms with Gasteiger partial charge >= 0.3 is 0 Å². The third kappa shape index (κ3) is 4.48. The molecule has 0 saturated carbocycles. The summed E-state index contributed by atoms with van der Waals surface area (Å²) in [7, 11) is -3.14. The second-order valence-electron chi connectivity index (χ2n) is 9.69. The zero-order valence-corrected chi connectivity index (χ0v) is 20.8. The molecule has 35 heavy (non-hydrogen) atoms. The summed E-state index contributed by atoms with van der Waals surface area (Å²) < 4.78 is 32.9. The summed E-state index contributed by atoms with van der Waals surface area (Å²) in [5.74, 6) is 1.06. The van der Waals surface area contributed by atoms with E-state index in [0.29, 0.717) is 44.7 Å². The van der Waals surface area contributed by atoms with Crippen LogP contribution in [0.1, 0.15) is 18.4 Å². The molecule has 0 bridgehead atoms. The van der Waals surface area contributed by atoms with Crippen LogP contribution in [0.4, 0.5) is 11.6 Å². The van der Waals surface area contributed by atoms with Gasteiger partial charge in [0.1, 0.15) is 0 Å². The van der Waals surface area contributed by atoms with E-state index in [9.17, 15) is 8.42 Å². The molecule has 1 aromatic carbocycles. The smallest absolute Gasteiger partial charge is 0.228 e. The zero-order valence-electron chi connectivity index (χ0n) is 20.0. The summed E-state index contributed by atoms with van der Waals surface area (Å²) in [5.41, 5.74) is 5.29. The Kier molecular flexibility index (Phi) is 5.85. The van der Waals surface area contributed by atoms with Gasteiger partial charge in [0.05, 0.1) is 36.7 Å². The van der Waals surface area contributed by atoms with Gasteiger partial charge in [0.25, 0.3) is 0 Å². The third-order valence-corrected chi connectivity index (χ3v) is 8.65. The van der Waals surface area contributed by atoms with E-state index in [4.69, 9.17) is 19.8 Å². The number of benzene rings is 1. The summed E-state index contributed by atoms with van der Waals surface area (Å²) in [4.78, 5) is 12.2. The normalized spacial score (nSPS) is 19.7. The maximum atomic E-state index is 11.9. The second-order valence-corrected chi connectivity index (χ2v) is 11.7. The van der Waals surface area contributed by atoms with Crippen LogP contribution in [0, 0.1) is 5.92 Å². The van der Waals surface area contributed by atoms with E-state index in [-0.39, 0.29) is 0 Å². The van der Waals surface area contributed by atoms with Gasteiger partial charge < -0.3 is 15.0 Å². The molecule has 5 heterocycles. The van der Waals surface area contributed by atoms with Gasteiger partial charge in [-0.15, -0.1) is 0 Å². The summed E-state index contributed by atoms with van der Waals surface area (Å²) >= 11 is 0. The first-order valence-corrected chi connectivity index (χ1v) is 14.2. The number of anilines is 2. The summed E-state index contributed by atoms with van der Waals surface area (Å²) in [6.07, 6.45) is 5.84. The topological polar surface area (TPSA) is 105 Å². The molecule has 186 valence electrons. The van der Waals surface area contributed by atoms with Crippen LogP contribution < -0.4 is 10.2 Å². The Labute approximate surface area is 205 Å². The number of fused-ring (bicyclic) bond motifs is 2. The molecule has 11 heteroatoms. The van der Waals surface area contributed by atoms with Crippen LogP contribution >= 0.6 is 0 Å². The molecule has 3 aromatic rings. The molecule has 0 atom stereocenters. The zero-order chi connectivity index (χ0) is 24.0. The molecule has 0 radical (unpaired) electrons. The number of ether oxygens (including phenoxy) is 1. The Balaban J connectivity index is 1.36. The lowest BCUT2D eigenvalue weighted by atomic mass is 9.98. The van der Waals surface area contributed by atoms with E-state index in [2.05, 4.69) is 28.4 Å². The molecule has 0 amide bonds. The molecule has 0 unspecified atom stereocenters. The fourth-order valence-electron chi connectivity index (χ4n) is 5.31. The molecule has 2 saturated heterocycles. The van der Waals surface area contributed by atoms with Gasteiger partial charge in [0, 0.05) is 50.5 Å². The monoisotopic (exact) mass is 497 g/mol. The van der Waals surface area contributed by atoms with Gasteiger partial charge in [-0.25, -0.2) is 22.4 Å². The number of aromatic nitrogens is 4. The van der Waals surface area contributed by atoms with Gasteiger partial charge in [-0.1, -0.05) is 12.1 Å². The molecule has 6 rings (SSSR count). The number of hydrogen-bond donors (Lipinski definition) is 1. The van der Waals surface area contributed by atoms with Crippen molar-refractivity contribution in [1.29, 1.82) is 0 Å². The van der Waals surface area contributed by atoms with Gasteiger partial charge in [0.2, 0.25) is 16.0 Å². The lowest BCUT2D eigenvalue weighted by molar-refractivity contribution is 0.122. The second kappa shape index (κ2) is 9.03. The number of rotatable bonds is 5. The quantitative estimate of drug-likeness (QED) is 0.571. The number of sulfonamides is 1. The van der Waals surface area contributed by atoms with Gasteiger partial charge in [-0.05, 0) is 36.8 Å². The molecule has 2 fully saturated rings. The Hall–Kier alpha value is -2.76. The molecule has 2 aromatic heterocycles. The van der Waals surface area contributed by atoms with E-state index >= 15 is 0 Å². The fourth-order valence-corrected chi connectivity index (χ4v) is 6.18. The van der Waals surface area contributed by atoms with Crippen LogP contribution in [0.15, 0.2) is 24.4 Å². The van der Waals surface area contributed by atoms with E-state index in [1.54, 1.807) is 4.31 Å². The maximum absolute atomic E-state index is 11.9. The van der Waals surface area contributed by atoms with E-state index in [0.717, 1.165) is 61.2 Å². The largest absolute Gasteiger partial charge is 0.384 e. The minimum absolute atomic E-state index is 0.352. The average Bonchev–Trinajstić information content (AvgIpc) is 3.50. The van der Waals surface area contributed by atoms with Crippen molar-refractivity contribution in [3.05, 3.63) is 30.0 Å². The third-order valence-electron chi connectivity index (χ3n) is 7.35. The van der Waals surface area contributed by atoms with Crippen LogP contribution in [0.2, 0.25) is 0 Å². The lowest BCUT2D eigenvalue weighted by Gasteiger charge is -2.30. The minimum atomic E-state index is -3.14. The SMILES string of the molecule is CS(=O)(=O)N1CCC(Cn2ncc3c(-c4ccc5c(c4)NCC5)nc(N4CCOCC4)nc32)CC1. The first kappa shape index (κ1) is 22.7. The predicted octanol–water partition coefficient (Wildman–Crippen LogP) is 1.97. The Morgan fingerprint density at radius 2 is 1.91 bits per heavy atom. The van der Waals surface area contributed by atoms with E-state index < -0.39 is 10.0 Å². The van der Waals surface area contributed by atoms with Crippen molar-refractivity contribution in [3.63, 3.8) is 0 Å². The highest BCUT2D eigenvalue weighted by Crippen LogP contribution is 2.33. The Bertz CT molecular complexity index is 1340. The summed E-state index contributed by atoms with van der Waals surface area (Å²) in [6.45, 7) is 5.64. The van der Waals surface area contributed by atoms with Crippen molar-refractivity contribution in [1.82, 2.24) is 24.1 Å². The fraction of sp³-hybridized carbons (Fsp3) is 0.542. The standard InChI is InChI=1S/C24H31N7O3S/c1-35(32,33)30-8-5-17(6-9-30)16-31-23-20(15-26-31)22(19-3-2-18-4-7-25-21(18)14-19)27-24(28-23)29-10-12-34-13-11-29/h2-3,14-15,17,25H,4-13,16H2,1H3. The van der Waals surface area contributed by atoms with Crippen LogP contribution in [0.25, 0.3) is 22.3 Å². The number of hydrogen-bond acceptors (Lipinski definition) is 8. The van der Waals surface area contributed by atoms with Crippen molar-refractivity contribution >= 4 is 32.7 Å². The summed E-state index contributed by atoms with van der Waals surface area (Å²) in [5, 5.41) is 9.14. The van der Waals surface area contributed by atoms with Gasteiger partial charge in [0.15, 0.2) is 5.65 Å². The summed E-state index contributed by atoms with van der Waals surface area (Å²) in [6, 6.07) is 6.52. The Morgan fingerprint density at radius 3 is 2.69 bits per heavy atom. The number of piperidine rings is 1. The van der Waals surface area contributed by atoms with Crippen LogP contribution in [0.5, 0.6) is 0 Å². The van der Waals surface area contributed by atoms with Crippen molar-refractivity contribution < 1.29 is 13.2 Å². The highest BCUT2D eigenvalue weighted by Gasteiger charge is 2.27. The van der Waals surface area contributed by atoms with Crippen LogP contribution in [0.3, 0.4) is 0 Å². The van der Waals surface area contributed by atoms with Gasteiger partial charge in [-0.3, -0.25) is 0 Å². The number of nitrogens with one attached hydrogen (secondary N) is 1. The van der Waals surface area contributed by atoms with E-state index in [1.807, 2.05) is 10.9 Å². The van der Waals surface area contributed by atoms with Crippen LogP contribution in [-0.2, 0) is 27.7 Å². The molecular weight excluding hydrogens is 466 g/mol. The van der Waals surface area contributed by atoms with E-state index in [1.165, 1.54) is 17.5 Å². The van der Waals surface area contributed by atoms with Crippen molar-refractivity contribution in [2.45, 2.75) is 25.8 Å². The molecule has 0 aliphatic carbocycles. The van der Waals surface area contributed by atoms with Crippen molar-refractivity contribution in [2.75, 3.05) is 62.4 Å². The van der Waals surface area contributed by atoms with Crippen molar-refractivity contribution in [3.8, 4) is 11.3 Å². The first-order chi connectivity index (χ1) is 17.0. The molecule has 3 aliphatic rings. The predicted molar refractivity (Wildman–Crippen MR) is 135 cm³/mol. The Morgan fingerprint density at radius 1 is 1.11 bits per heavy atom. The highest BCUT2D eigenvalue weighted by molar-refractivity contribution is 7.88. The lowest BCUT2D eigenvalue weighted by Crippen LogP contribution is -2.38. The molecule has 0 spiro atoms. The van der Waals surface area contributed by atoms with Crippen LogP contribution in [-0.4, -0.2) is 84.7 Å². The molecule has 3 aliphatic heterocycles. The number of morpholine rings is 1. The highest BCUT2D eigenvalue weighted by atomic mass is 32.2. The first-order valence-electron chi connectivity index (χ1n) is 12.3. The minimum Gasteiger partial charge on any atom is -0.384 e. The number of nitrogens with zero attached hydrogens (tertiary/aromatic N) is 6. The molecule has 1 N–H and O–H groups in total. The van der Waals surface area contributed by atoms with Crippen molar-refractivity contribution in [2.24, 2.45) is 5.92 Å². The molecule has 10 nitrogen and oxygen atoms in total. The maximum Gasteiger partial charge on any atom is 0.228 e. The average molecular weight is 498 g/mol. The molecular formula is C24H31N7O3S.